The molecule has 2 aromatic rings. The van der Waals surface area contributed by atoms with Gasteiger partial charge in [0, 0.05) is 28.7 Å². The first kappa shape index (κ1) is 16.0. The molecule has 0 saturated carbocycles. The Morgan fingerprint density at radius 2 is 1.76 bits per heavy atom. The lowest BCUT2D eigenvalue weighted by molar-refractivity contribution is 0.169. The first-order valence-corrected chi connectivity index (χ1v) is 7.04. The van der Waals surface area contributed by atoms with Gasteiger partial charge in [-0.25, -0.2) is 13.2 Å². The number of hydrogen-bond donors (Lipinski definition) is 2. The third kappa shape index (κ3) is 4.30. The van der Waals surface area contributed by atoms with Crippen molar-refractivity contribution in [3.63, 3.8) is 0 Å². The standard InChI is InChI=1S/C15H13BrF3NO/c16-10-1-3-13(18)9(5-10)7-20-8-15(21)12-6-11(17)2-4-14(12)19/h1-6,15,20-21H,7-8H2. The smallest absolute Gasteiger partial charge is 0.129 e. The second-order valence-corrected chi connectivity index (χ2v) is 5.46. The molecule has 2 rings (SSSR count). The Morgan fingerprint density at radius 3 is 2.52 bits per heavy atom. The van der Waals surface area contributed by atoms with Crippen LogP contribution in [0.15, 0.2) is 40.9 Å². The van der Waals surface area contributed by atoms with Crippen molar-refractivity contribution < 1.29 is 18.3 Å². The van der Waals surface area contributed by atoms with Gasteiger partial charge in [0.2, 0.25) is 0 Å². The molecule has 0 heterocycles. The van der Waals surface area contributed by atoms with Crippen LogP contribution in [-0.4, -0.2) is 11.7 Å². The topological polar surface area (TPSA) is 32.3 Å². The number of rotatable bonds is 5. The van der Waals surface area contributed by atoms with Gasteiger partial charge in [0.15, 0.2) is 0 Å². The summed E-state index contributed by atoms with van der Waals surface area (Å²) in [7, 11) is 0. The molecular formula is C15H13BrF3NO. The molecule has 2 aromatic carbocycles. The van der Waals surface area contributed by atoms with E-state index in [1.165, 1.54) is 6.07 Å². The molecule has 21 heavy (non-hydrogen) atoms. The fraction of sp³-hybridized carbons (Fsp3) is 0.200. The Hall–Kier alpha value is -1.37. The quantitative estimate of drug-likeness (QED) is 0.853. The van der Waals surface area contributed by atoms with E-state index in [1.54, 1.807) is 12.1 Å². The summed E-state index contributed by atoms with van der Waals surface area (Å²) in [4.78, 5) is 0. The summed E-state index contributed by atoms with van der Waals surface area (Å²) in [6, 6.07) is 7.40. The molecule has 2 nitrogen and oxygen atoms in total. The molecule has 0 aliphatic rings. The van der Waals surface area contributed by atoms with Crippen LogP contribution in [-0.2, 0) is 6.54 Å². The molecule has 0 fully saturated rings. The summed E-state index contributed by atoms with van der Waals surface area (Å²) in [6.45, 7) is 0.144. The van der Waals surface area contributed by atoms with Crippen LogP contribution >= 0.6 is 15.9 Å². The van der Waals surface area contributed by atoms with Gasteiger partial charge in [-0.1, -0.05) is 15.9 Å². The van der Waals surface area contributed by atoms with Crippen molar-refractivity contribution in [1.29, 1.82) is 0 Å². The van der Waals surface area contributed by atoms with E-state index in [9.17, 15) is 18.3 Å². The van der Waals surface area contributed by atoms with E-state index >= 15 is 0 Å². The Labute approximate surface area is 128 Å². The predicted octanol–water partition coefficient (Wildman–Crippen LogP) is 3.69. The van der Waals surface area contributed by atoms with Gasteiger partial charge in [0.25, 0.3) is 0 Å². The van der Waals surface area contributed by atoms with E-state index in [2.05, 4.69) is 21.2 Å². The van der Waals surface area contributed by atoms with E-state index in [0.717, 1.165) is 22.7 Å². The molecule has 0 aliphatic carbocycles. The molecule has 0 saturated heterocycles. The van der Waals surface area contributed by atoms with E-state index < -0.39 is 17.7 Å². The van der Waals surface area contributed by atoms with E-state index in [-0.39, 0.29) is 24.5 Å². The molecule has 2 N–H and O–H groups in total. The molecule has 0 radical (unpaired) electrons. The number of benzene rings is 2. The summed E-state index contributed by atoms with van der Waals surface area (Å²) >= 11 is 3.24. The minimum absolute atomic E-state index is 0.0215. The van der Waals surface area contributed by atoms with Crippen LogP contribution in [0.25, 0.3) is 0 Å². The van der Waals surface area contributed by atoms with Crippen LogP contribution in [0.2, 0.25) is 0 Å². The van der Waals surface area contributed by atoms with Crippen molar-refractivity contribution in [2.45, 2.75) is 12.6 Å². The molecule has 0 bridgehead atoms. The zero-order valence-corrected chi connectivity index (χ0v) is 12.5. The van der Waals surface area contributed by atoms with Crippen LogP contribution in [0.1, 0.15) is 17.2 Å². The zero-order chi connectivity index (χ0) is 15.4. The Kier molecular flexibility index (Phi) is 5.39. The lowest BCUT2D eigenvalue weighted by atomic mass is 10.1. The second kappa shape index (κ2) is 7.06. The van der Waals surface area contributed by atoms with Gasteiger partial charge < -0.3 is 10.4 Å². The summed E-state index contributed by atoms with van der Waals surface area (Å²) in [6.07, 6.45) is -1.21. The number of nitrogens with one attached hydrogen (secondary N) is 1. The number of aliphatic hydroxyl groups excluding tert-OH is 1. The average molecular weight is 360 g/mol. The van der Waals surface area contributed by atoms with Gasteiger partial charge in [0.1, 0.15) is 17.5 Å². The highest BCUT2D eigenvalue weighted by Gasteiger charge is 2.14. The maximum absolute atomic E-state index is 13.5. The largest absolute Gasteiger partial charge is 0.387 e. The van der Waals surface area contributed by atoms with E-state index in [0.29, 0.717) is 5.56 Å². The summed E-state index contributed by atoms with van der Waals surface area (Å²) < 4.78 is 40.7. The fourth-order valence-electron chi connectivity index (χ4n) is 1.90. The third-order valence-corrected chi connectivity index (χ3v) is 3.47. The number of halogens is 4. The van der Waals surface area contributed by atoms with Gasteiger partial charge in [0.05, 0.1) is 6.10 Å². The normalized spacial score (nSPS) is 12.4. The van der Waals surface area contributed by atoms with Crippen LogP contribution in [0.4, 0.5) is 13.2 Å². The lowest BCUT2D eigenvalue weighted by Gasteiger charge is -2.13. The van der Waals surface area contributed by atoms with Crippen molar-refractivity contribution in [2.24, 2.45) is 0 Å². The van der Waals surface area contributed by atoms with Crippen LogP contribution in [0.3, 0.4) is 0 Å². The van der Waals surface area contributed by atoms with Gasteiger partial charge in [-0.05, 0) is 36.4 Å². The van der Waals surface area contributed by atoms with Gasteiger partial charge in [-0.2, -0.15) is 0 Å². The van der Waals surface area contributed by atoms with Crippen LogP contribution < -0.4 is 5.32 Å². The van der Waals surface area contributed by atoms with Crippen molar-refractivity contribution in [1.82, 2.24) is 5.32 Å². The Morgan fingerprint density at radius 1 is 1.05 bits per heavy atom. The third-order valence-electron chi connectivity index (χ3n) is 2.98. The molecular weight excluding hydrogens is 347 g/mol. The minimum Gasteiger partial charge on any atom is -0.387 e. The molecule has 112 valence electrons. The SMILES string of the molecule is OC(CNCc1cc(Br)ccc1F)c1cc(F)ccc1F. The highest BCUT2D eigenvalue weighted by molar-refractivity contribution is 9.10. The van der Waals surface area contributed by atoms with Crippen molar-refractivity contribution in [3.8, 4) is 0 Å². The van der Waals surface area contributed by atoms with Crippen LogP contribution in [0.5, 0.6) is 0 Å². The van der Waals surface area contributed by atoms with E-state index in [4.69, 9.17) is 0 Å². The summed E-state index contributed by atoms with van der Waals surface area (Å²) in [5.74, 6) is -1.68. The lowest BCUT2D eigenvalue weighted by Crippen LogP contribution is -2.22. The van der Waals surface area contributed by atoms with Crippen LogP contribution in [0, 0.1) is 17.5 Å². The molecule has 0 amide bonds. The highest BCUT2D eigenvalue weighted by Crippen LogP contribution is 2.19. The fourth-order valence-corrected chi connectivity index (χ4v) is 2.31. The first-order valence-electron chi connectivity index (χ1n) is 6.25. The van der Waals surface area contributed by atoms with Gasteiger partial charge in [-0.3, -0.25) is 0 Å². The minimum atomic E-state index is -1.21. The summed E-state index contributed by atoms with van der Waals surface area (Å²) in [5.41, 5.74) is 0.286. The summed E-state index contributed by atoms with van der Waals surface area (Å²) in [5, 5.41) is 12.7. The van der Waals surface area contributed by atoms with E-state index in [1.807, 2.05) is 0 Å². The zero-order valence-electron chi connectivity index (χ0n) is 10.9. The average Bonchev–Trinajstić information content (AvgIpc) is 2.45. The van der Waals surface area contributed by atoms with Gasteiger partial charge >= 0.3 is 0 Å². The molecule has 0 spiro atoms. The monoisotopic (exact) mass is 359 g/mol. The number of hydrogen-bond acceptors (Lipinski definition) is 2. The predicted molar refractivity (Wildman–Crippen MR) is 77.1 cm³/mol. The molecule has 6 heteroatoms. The molecule has 0 aromatic heterocycles. The molecule has 1 unspecified atom stereocenters. The molecule has 0 aliphatic heterocycles. The van der Waals surface area contributed by atoms with Gasteiger partial charge in [-0.15, -0.1) is 0 Å². The van der Waals surface area contributed by atoms with Crippen molar-refractivity contribution >= 4 is 15.9 Å². The number of aliphatic hydroxyl groups is 1. The highest BCUT2D eigenvalue weighted by atomic mass is 79.9. The Bertz CT molecular complexity index is 636. The maximum atomic E-state index is 13.5. The Balaban J connectivity index is 1.96. The second-order valence-electron chi connectivity index (χ2n) is 4.55. The van der Waals surface area contributed by atoms with Crippen molar-refractivity contribution in [2.75, 3.05) is 6.54 Å². The maximum Gasteiger partial charge on any atom is 0.129 e. The molecule has 1 atom stereocenters. The first-order chi connectivity index (χ1) is 9.97. The van der Waals surface area contributed by atoms with Crippen molar-refractivity contribution in [3.05, 3.63) is 69.4 Å².